The van der Waals surface area contributed by atoms with Crippen LogP contribution in [0.15, 0.2) is 6.07 Å². The van der Waals surface area contributed by atoms with Crippen LogP contribution in [0.5, 0.6) is 0 Å². The molecule has 5 nitrogen and oxygen atoms in total. The van der Waals surface area contributed by atoms with Gasteiger partial charge in [-0.15, -0.1) is 11.3 Å². The van der Waals surface area contributed by atoms with Crippen LogP contribution in [-0.4, -0.2) is 34.8 Å². The molecular weight excluding hydrogens is 308 g/mol. The fourth-order valence-electron chi connectivity index (χ4n) is 3.86. The number of nitrogens with zero attached hydrogens (tertiary/aromatic N) is 2. The van der Waals surface area contributed by atoms with E-state index in [0.717, 1.165) is 40.3 Å². The molecule has 2 N–H and O–H groups in total. The van der Waals surface area contributed by atoms with E-state index in [2.05, 4.69) is 29.6 Å². The number of rotatable bonds is 3. The van der Waals surface area contributed by atoms with Gasteiger partial charge in [0.05, 0.1) is 10.6 Å². The molecule has 0 aromatic carbocycles. The zero-order valence-electron chi connectivity index (χ0n) is 14.0. The van der Waals surface area contributed by atoms with Crippen molar-refractivity contribution in [2.24, 2.45) is 12.5 Å². The van der Waals surface area contributed by atoms with Crippen molar-refractivity contribution in [2.45, 2.75) is 45.1 Å². The number of fused-ring (bicyclic) bond motifs is 1. The number of hydrogen-bond acceptors (Lipinski definition) is 4. The summed E-state index contributed by atoms with van der Waals surface area (Å²) in [5.41, 5.74) is 1.46. The van der Waals surface area contributed by atoms with Crippen LogP contribution in [0.25, 0.3) is 10.2 Å². The standard InChI is InChI=1S/C17H24N4OS/c1-10(2)14-11-8-12(23-16(11)21(3)20-14)15(22)19-13-9-17(13)4-6-18-7-5-17/h8,10,13,18H,4-7,9H2,1-3H3,(H,19,22). The molecule has 0 bridgehead atoms. The van der Waals surface area contributed by atoms with Crippen LogP contribution < -0.4 is 10.6 Å². The molecule has 23 heavy (non-hydrogen) atoms. The van der Waals surface area contributed by atoms with Crippen LogP contribution in [0.2, 0.25) is 0 Å². The van der Waals surface area contributed by atoms with Crippen molar-refractivity contribution in [3.63, 3.8) is 0 Å². The number of nitrogens with one attached hydrogen (secondary N) is 2. The van der Waals surface area contributed by atoms with Gasteiger partial charge in [-0.25, -0.2) is 0 Å². The molecule has 1 amide bonds. The first-order valence-electron chi connectivity index (χ1n) is 8.48. The summed E-state index contributed by atoms with van der Waals surface area (Å²) < 4.78 is 1.90. The Labute approximate surface area is 140 Å². The lowest BCUT2D eigenvalue weighted by Crippen LogP contribution is -2.35. The number of aryl methyl sites for hydroxylation is 1. The van der Waals surface area contributed by atoms with Crippen molar-refractivity contribution < 1.29 is 4.79 Å². The lowest BCUT2D eigenvalue weighted by atomic mass is 9.94. The second kappa shape index (κ2) is 5.31. The molecule has 1 aliphatic heterocycles. The van der Waals surface area contributed by atoms with Crippen LogP contribution in [0.1, 0.15) is 54.4 Å². The first-order valence-corrected chi connectivity index (χ1v) is 9.30. The highest BCUT2D eigenvalue weighted by molar-refractivity contribution is 7.20. The quantitative estimate of drug-likeness (QED) is 0.908. The van der Waals surface area contributed by atoms with Gasteiger partial charge in [0.25, 0.3) is 5.91 Å². The molecule has 6 heteroatoms. The fourth-order valence-corrected chi connectivity index (χ4v) is 4.85. The molecule has 1 unspecified atom stereocenters. The Morgan fingerprint density at radius 2 is 2.22 bits per heavy atom. The average Bonchev–Trinajstić information content (AvgIpc) is 2.88. The smallest absolute Gasteiger partial charge is 0.261 e. The number of thiophene rings is 1. The Bertz CT molecular complexity index is 754. The molecule has 1 aliphatic carbocycles. The molecule has 1 spiro atoms. The van der Waals surface area contributed by atoms with Crippen molar-refractivity contribution >= 4 is 27.5 Å². The number of piperidine rings is 1. The van der Waals surface area contributed by atoms with Gasteiger partial charge in [-0.1, -0.05) is 13.8 Å². The normalized spacial score (nSPS) is 22.9. The molecule has 0 radical (unpaired) electrons. The predicted molar refractivity (Wildman–Crippen MR) is 93.1 cm³/mol. The highest BCUT2D eigenvalue weighted by Crippen LogP contribution is 2.52. The monoisotopic (exact) mass is 332 g/mol. The maximum absolute atomic E-state index is 12.6. The molecule has 1 atom stereocenters. The summed E-state index contributed by atoms with van der Waals surface area (Å²) in [5, 5.41) is 12.4. The summed E-state index contributed by atoms with van der Waals surface area (Å²) in [6, 6.07) is 2.39. The topological polar surface area (TPSA) is 59.0 Å². The van der Waals surface area contributed by atoms with Crippen LogP contribution in [0.4, 0.5) is 0 Å². The molecule has 2 aromatic rings. The first kappa shape index (κ1) is 15.1. The number of amides is 1. The molecule has 2 fully saturated rings. The Hall–Kier alpha value is -1.40. The van der Waals surface area contributed by atoms with E-state index < -0.39 is 0 Å². The molecule has 1 saturated carbocycles. The maximum atomic E-state index is 12.6. The highest BCUT2D eigenvalue weighted by atomic mass is 32.1. The summed E-state index contributed by atoms with van der Waals surface area (Å²) in [6.45, 7) is 6.45. The van der Waals surface area contributed by atoms with E-state index in [-0.39, 0.29) is 5.91 Å². The third-order valence-corrected chi connectivity index (χ3v) is 6.61. The van der Waals surface area contributed by atoms with Gasteiger partial charge < -0.3 is 10.6 Å². The SMILES string of the molecule is CC(C)c1nn(C)c2sc(C(=O)NC3CC34CCNCC4)cc12. The number of aromatic nitrogens is 2. The van der Waals surface area contributed by atoms with Crippen molar-refractivity contribution in [1.29, 1.82) is 0 Å². The summed E-state index contributed by atoms with van der Waals surface area (Å²) in [4.78, 5) is 14.5. The highest BCUT2D eigenvalue weighted by Gasteiger charge is 2.54. The van der Waals surface area contributed by atoms with Gasteiger partial charge in [0.2, 0.25) is 0 Å². The lowest BCUT2D eigenvalue weighted by Gasteiger charge is -2.23. The maximum Gasteiger partial charge on any atom is 0.261 e. The number of carbonyl (C=O) groups is 1. The molecule has 4 rings (SSSR count). The molecule has 3 heterocycles. The summed E-state index contributed by atoms with van der Waals surface area (Å²) in [6.07, 6.45) is 3.52. The van der Waals surface area contributed by atoms with Gasteiger partial charge >= 0.3 is 0 Å². The van der Waals surface area contributed by atoms with Crippen molar-refractivity contribution in [3.8, 4) is 0 Å². The van der Waals surface area contributed by atoms with Gasteiger partial charge in [-0.3, -0.25) is 9.48 Å². The van der Waals surface area contributed by atoms with Crippen molar-refractivity contribution in [2.75, 3.05) is 13.1 Å². The summed E-state index contributed by atoms with van der Waals surface area (Å²) in [7, 11) is 1.96. The number of hydrogen-bond donors (Lipinski definition) is 2. The van der Waals surface area contributed by atoms with Crippen LogP contribution >= 0.6 is 11.3 Å². The van der Waals surface area contributed by atoms with Crippen LogP contribution in [0.3, 0.4) is 0 Å². The largest absolute Gasteiger partial charge is 0.348 e. The van der Waals surface area contributed by atoms with E-state index in [0.29, 0.717) is 17.4 Å². The summed E-state index contributed by atoms with van der Waals surface area (Å²) >= 11 is 1.55. The van der Waals surface area contributed by atoms with Gasteiger partial charge in [0, 0.05) is 18.5 Å². The van der Waals surface area contributed by atoms with Gasteiger partial charge in [-0.05, 0) is 49.8 Å². The van der Waals surface area contributed by atoms with Gasteiger partial charge in [0.15, 0.2) is 0 Å². The zero-order chi connectivity index (χ0) is 16.2. The van der Waals surface area contributed by atoms with Gasteiger partial charge in [0.1, 0.15) is 4.83 Å². The minimum Gasteiger partial charge on any atom is -0.348 e. The first-order chi connectivity index (χ1) is 11.0. The van der Waals surface area contributed by atoms with E-state index >= 15 is 0 Å². The third kappa shape index (κ3) is 2.48. The molecule has 124 valence electrons. The zero-order valence-corrected chi connectivity index (χ0v) is 14.8. The lowest BCUT2D eigenvalue weighted by molar-refractivity contribution is 0.0946. The summed E-state index contributed by atoms with van der Waals surface area (Å²) in [5.74, 6) is 0.451. The van der Waals surface area contributed by atoms with Crippen LogP contribution in [0, 0.1) is 5.41 Å². The minimum absolute atomic E-state index is 0.0845. The molecule has 2 aliphatic rings. The van der Waals surface area contributed by atoms with E-state index in [1.807, 2.05) is 17.8 Å². The Balaban J connectivity index is 1.53. The van der Waals surface area contributed by atoms with Crippen LogP contribution in [-0.2, 0) is 7.05 Å². The van der Waals surface area contributed by atoms with Crippen molar-refractivity contribution in [1.82, 2.24) is 20.4 Å². The predicted octanol–water partition coefficient (Wildman–Crippen LogP) is 2.63. The third-order valence-electron chi connectivity index (χ3n) is 5.41. The molecule has 2 aromatic heterocycles. The second-order valence-corrected chi connectivity index (χ2v) is 8.37. The Morgan fingerprint density at radius 3 is 2.91 bits per heavy atom. The number of carbonyl (C=O) groups excluding carboxylic acids is 1. The molecular formula is C17H24N4OS. The van der Waals surface area contributed by atoms with E-state index in [4.69, 9.17) is 0 Å². The average molecular weight is 332 g/mol. The second-order valence-electron chi connectivity index (χ2n) is 7.34. The van der Waals surface area contributed by atoms with E-state index in [9.17, 15) is 4.79 Å². The fraction of sp³-hybridized carbons (Fsp3) is 0.647. The molecule has 1 saturated heterocycles. The van der Waals surface area contributed by atoms with E-state index in [1.54, 1.807) is 11.3 Å². The van der Waals surface area contributed by atoms with Crippen molar-refractivity contribution in [3.05, 3.63) is 16.6 Å². The van der Waals surface area contributed by atoms with E-state index in [1.165, 1.54) is 12.8 Å². The Kier molecular flexibility index (Phi) is 3.50. The Morgan fingerprint density at radius 1 is 1.48 bits per heavy atom. The van der Waals surface area contributed by atoms with Gasteiger partial charge in [-0.2, -0.15) is 5.10 Å². The minimum atomic E-state index is 0.0845.